The van der Waals surface area contributed by atoms with Gasteiger partial charge in [0.15, 0.2) is 0 Å². The molecular formula is C26H30O2S. The van der Waals surface area contributed by atoms with Crippen molar-refractivity contribution in [3.8, 4) is 11.8 Å². The predicted octanol–water partition coefficient (Wildman–Crippen LogP) is 6.22. The number of aliphatic carboxylic acids is 1. The van der Waals surface area contributed by atoms with Crippen LogP contribution in [0.1, 0.15) is 75.3 Å². The fourth-order valence-electron chi connectivity index (χ4n) is 4.28. The van der Waals surface area contributed by atoms with Crippen LogP contribution in [0.25, 0.3) is 0 Å². The Bertz CT molecular complexity index is 972. The van der Waals surface area contributed by atoms with Gasteiger partial charge in [-0.1, -0.05) is 58.6 Å². The number of carbonyl (C=O) groups is 1. The molecule has 0 fully saturated rings. The third kappa shape index (κ3) is 5.25. The van der Waals surface area contributed by atoms with E-state index in [9.17, 15) is 4.79 Å². The number of hydrogen-bond donors (Lipinski definition) is 1. The Labute approximate surface area is 179 Å². The van der Waals surface area contributed by atoms with E-state index in [1.807, 2.05) is 36.0 Å². The van der Waals surface area contributed by atoms with Gasteiger partial charge in [-0.25, -0.2) is 0 Å². The molecule has 3 rings (SSSR count). The molecule has 3 heteroatoms. The number of carboxylic acid groups (broad SMARTS) is 1. The summed E-state index contributed by atoms with van der Waals surface area (Å²) >= 11 is 1.99. The number of benzene rings is 2. The fourth-order valence-corrected chi connectivity index (χ4v) is 5.96. The highest BCUT2D eigenvalue weighted by Crippen LogP contribution is 2.51. The second-order valence-corrected chi connectivity index (χ2v) is 10.9. The lowest BCUT2D eigenvalue weighted by Crippen LogP contribution is -2.33. The number of thioether (sulfide) groups is 1. The van der Waals surface area contributed by atoms with E-state index in [-0.39, 0.29) is 16.6 Å². The number of carboxylic acids is 1. The molecule has 1 aliphatic rings. The van der Waals surface area contributed by atoms with Crippen molar-refractivity contribution in [2.24, 2.45) is 0 Å². The summed E-state index contributed by atoms with van der Waals surface area (Å²) in [6, 6.07) is 12.6. The summed E-state index contributed by atoms with van der Waals surface area (Å²) < 4.78 is 0.247. The molecular weight excluding hydrogens is 376 g/mol. The molecule has 0 amide bonds. The van der Waals surface area contributed by atoms with Crippen LogP contribution in [-0.2, 0) is 23.1 Å². The lowest BCUT2D eigenvalue weighted by Gasteiger charge is -2.42. The molecule has 2 nitrogen and oxygen atoms in total. The monoisotopic (exact) mass is 406 g/mol. The van der Waals surface area contributed by atoms with Crippen molar-refractivity contribution in [1.82, 2.24) is 0 Å². The molecule has 0 unspecified atom stereocenters. The van der Waals surface area contributed by atoms with Crippen LogP contribution in [0.3, 0.4) is 0 Å². The van der Waals surface area contributed by atoms with Gasteiger partial charge in [0.25, 0.3) is 0 Å². The maximum absolute atomic E-state index is 10.7. The summed E-state index contributed by atoms with van der Waals surface area (Å²) in [5.41, 5.74) is 5.96. The van der Waals surface area contributed by atoms with Crippen LogP contribution >= 0.6 is 11.8 Å². The zero-order valence-corrected chi connectivity index (χ0v) is 18.9. The Morgan fingerprint density at radius 2 is 1.79 bits per heavy atom. The summed E-state index contributed by atoms with van der Waals surface area (Å²) in [6.45, 7) is 11.5. The first-order valence-corrected chi connectivity index (χ1v) is 11.1. The molecule has 0 saturated heterocycles. The number of hydrogen-bond acceptors (Lipinski definition) is 2. The van der Waals surface area contributed by atoms with Gasteiger partial charge in [-0.2, -0.15) is 0 Å². The largest absolute Gasteiger partial charge is 0.481 e. The third-order valence-electron chi connectivity index (χ3n) is 5.49. The highest BCUT2D eigenvalue weighted by atomic mass is 32.2. The van der Waals surface area contributed by atoms with Gasteiger partial charge in [-0.15, -0.1) is 11.8 Å². The number of fused-ring (bicyclic) bond motifs is 1. The van der Waals surface area contributed by atoms with Crippen LogP contribution < -0.4 is 0 Å². The maximum atomic E-state index is 10.7. The third-order valence-corrected chi connectivity index (χ3v) is 6.75. The Kier molecular flexibility index (Phi) is 6.15. The van der Waals surface area contributed by atoms with Gasteiger partial charge in [0.2, 0.25) is 0 Å². The van der Waals surface area contributed by atoms with E-state index >= 15 is 0 Å². The first-order chi connectivity index (χ1) is 13.6. The molecule has 29 heavy (non-hydrogen) atoms. The van der Waals surface area contributed by atoms with E-state index in [0.717, 1.165) is 29.5 Å². The normalized spacial score (nSPS) is 16.4. The average molecular weight is 407 g/mol. The van der Waals surface area contributed by atoms with E-state index in [1.165, 1.54) is 16.0 Å². The van der Waals surface area contributed by atoms with Crippen LogP contribution in [0.4, 0.5) is 0 Å². The summed E-state index contributed by atoms with van der Waals surface area (Å²) in [5, 5.41) is 8.81. The van der Waals surface area contributed by atoms with Gasteiger partial charge in [-0.3, -0.25) is 4.79 Å². The summed E-state index contributed by atoms with van der Waals surface area (Å²) in [5.74, 6) is 5.94. The van der Waals surface area contributed by atoms with Crippen molar-refractivity contribution in [1.29, 1.82) is 0 Å². The molecule has 0 atom stereocenters. The van der Waals surface area contributed by atoms with Gasteiger partial charge in [0, 0.05) is 27.2 Å². The van der Waals surface area contributed by atoms with Gasteiger partial charge in [0.05, 0.1) is 0 Å². The van der Waals surface area contributed by atoms with Crippen molar-refractivity contribution in [3.63, 3.8) is 0 Å². The standard InChI is InChI=1S/C26H30O2S/c1-6-20-16-23-22(25(2,3)17-26(4,5)29-23)15-21(20)13-11-18-7-9-19(10-8-18)12-14-24(27)28/h7-10,15-16H,6,12,14,17H2,1-5H3,(H,27,28). The molecule has 0 aromatic heterocycles. The van der Waals surface area contributed by atoms with Gasteiger partial charge in [0.1, 0.15) is 0 Å². The van der Waals surface area contributed by atoms with E-state index in [4.69, 9.17) is 5.11 Å². The molecule has 1 aliphatic heterocycles. The first kappa shape index (κ1) is 21.5. The second-order valence-electron chi connectivity index (χ2n) is 9.12. The number of aryl methyl sites for hydroxylation is 2. The summed E-state index contributed by atoms with van der Waals surface area (Å²) in [7, 11) is 0. The summed E-state index contributed by atoms with van der Waals surface area (Å²) in [4.78, 5) is 12.1. The molecule has 0 spiro atoms. The van der Waals surface area contributed by atoms with Crippen LogP contribution in [0, 0.1) is 11.8 Å². The van der Waals surface area contributed by atoms with Crippen LogP contribution in [0.15, 0.2) is 41.3 Å². The molecule has 0 saturated carbocycles. The van der Waals surface area contributed by atoms with E-state index in [0.29, 0.717) is 6.42 Å². The zero-order valence-electron chi connectivity index (χ0n) is 18.1. The Morgan fingerprint density at radius 1 is 1.10 bits per heavy atom. The van der Waals surface area contributed by atoms with E-state index in [2.05, 4.69) is 58.6 Å². The smallest absolute Gasteiger partial charge is 0.303 e. The lowest BCUT2D eigenvalue weighted by molar-refractivity contribution is -0.136. The second kappa shape index (κ2) is 8.28. The molecule has 0 bridgehead atoms. The molecule has 1 N–H and O–H groups in total. The Balaban J connectivity index is 1.90. The lowest BCUT2D eigenvalue weighted by atomic mass is 9.76. The van der Waals surface area contributed by atoms with Crippen LogP contribution in [0.5, 0.6) is 0 Å². The van der Waals surface area contributed by atoms with E-state index in [1.54, 1.807) is 0 Å². The van der Waals surface area contributed by atoms with Crippen molar-refractivity contribution in [2.45, 2.75) is 75.4 Å². The molecule has 0 radical (unpaired) electrons. The van der Waals surface area contributed by atoms with E-state index < -0.39 is 5.97 Å². The maximum Gasteiger partial charge on any atom is 0.303 e. The molecule has 0 aliphatic carbocycles. The highest BCUT2D eigenvalue weighted by molar-refractivity contribution is 8.00. The van der Waals surface area contributed by atoms with Gasteiger partial charge >= 0.3 is 5.97 Å². The van der Waals surface area contributed by atoms with Crippen molar-refractivity contribution >= 4 is 17.7 Å². The first-order valence-electron chi connectivity index (χ1n) is 10.3. The van der Waals surface area contributed by atoms with Crippen molar-refractivity contribution in [3.05, 3.63) is 64.2 Å². The molecule has 152 valence electrons. The minimum atomic E-state index is -0.766. The molecule has 1 heterocycles. The fraction of sp³-hybridized carbons (Fsp3) is 0.423. The highest BCUT2D eigenvalue weighted by Gasteiger charge is 2.38. The quantitative estimate of drug-likeness (QED) is 0.613. The number of rotatable bonds is 4. The topological polar surface area (TPSA) is 37.3 Å². The Morgan fingerprint density at radius 3 is 2.41 bits per heavy atom. The van der Waals surface area contributed by atoms with Crippen LogP contribution in [0.2, 0.25) is 0 Å². The van der Waals surface area contributed by atoms with Gasteiger partial charge < -0.3 is 5.11 Å². The van der Waals surface area contributed by atoms with Gasteiger partial charge in [-0.05, 0) is 65.6 Å². The minimum Gasteiger partial charge on any atom is -0.481 e. The van der Waals surface area contributed by atoms with Crippen molar-refractivity contribution in [2.75, 3.05) is 0 Å². The molecule has 2 aromatic carbocycles. The molecule has 2 aromatic rings. The van der Waals surface area contributed by atoms with Crippen LogP contribution in [-0.4, -0.2) is 15.8 Å². The van der Waals surface area contributed by atoms with Crippen molar-refractivity contribution < 1.29 is 9.90 Å². The minimum absolute atomic E-state index is 0.137. The SMILES string of the molecule is CCc1cc2c(cc1C#Cc1ccc(CCC(=O)O)cc1)C(C)(C)CC(C)(C)S2. The zero-order chi connectivity index (χ0) is 21.2. The Hall–Kier alpha value is -2.18. The predicted molar refractivity (Wildman–Crippen MR) is 122 cm³/mol. The summed E-state index contributed by atoms with van der Waals surface area (Å²) in [6.07, 6.45) is 2.82. The average Bonchev–Trinajstić information content (AvgIpc) is 2.63.